The van der Waals surface area contributed by atoms with Gasteiger partial charge in [-0.25, -0.2) is 4.39 Å². The number of para-hydroxylation sites is 1. The first-order valence-electron chi connectivity index (χ1n) is 8.07. The molecule has 0 bridgehead atoms. The third kappa shape index (κ3) is 3.57. The zero-order valence-corrected chi connectivity index (χ0v) is 13.7. The molecule has 1 saturated heterocycles. The fraction of sp³-hybridized carbons (Fsp3) is 0.316. The molecule has 0 N–H and O–H groups in total. The second kappa shape index (κ2) is 7.45. The van der Waals surface area contributed by atoms with Crippen molar-refractivity contribution in [2.45, 2.75) is 6.54 Å². The molecule has 1 fully saturated rings. The lowest BCUT2D eigenvalue weighted by Crippen LogP contribution is -2.48. The number of carbonyl (C=O) groups excluding carboxylic acids is 1. The van der Waals surface area contributed by atoms with Gasteiger partial charge in [0.25, 0.3) is 5.91 Å². The Morgan fingerprint density at radius 3 is 2.42 bits per heavy atom. The molecule has 3 rings (SSSR count). The number of rotatable bonds is 4. The summed E-state index contributed by atoms with van der Waals surface area (Å²) in [6.45, 7) is 3.30. The minimum absolute atomic E-state index is 0.0157. The van der Waals surface area contributed by atoms with Crippen LogP contribution in [-0.4, -0.2) is 49.0 Å². The Hall–Kier alpha value is -2.40. The molecule has 0 spiro atoms. The van der Waals surface area contributed by atoms with E-state index in [0.717, 1.165) is 13.1 Å². The van der Waals surface area contributed by atoms with Crippen molar-refractivity contribution < 1.29 is 13.9 Å². The number of carbonyl (C=O) groups is 1. The number of hydrogen-bond acceptors (Lipinski definition) is 3. The lowest BCUT2D eigenvalue weighted by atomic mass is 10.1. The van der Waals surface area contributed by atoms with Crippen LogP contribution >= 0.6 is 0 Å². The quantitative estimate of drug-likeness (QED) is 0.865. The first-order chi connectivity index (χ1) is 11.7. The topological polar surface area (TPSA) is 32.8 Å². The van der Waals surface area contributed by atoms with Gasteiger partial charge in [-0.3, -0.25) is 9.69 Å². The van der Waals surface area contributed by atoms with Crippen LogP contribution in [0.25, 0.3) is 0 Å². The van der Waals surface area contributed by atoms with E-state index in [1.165, 1.54) is 6.07 Å². The van der Waals surface area contributed by atoms with Gasteiger partial charge in [0.2, 0.25) is 0 Å². The maximum Gasteiger partial charge on any atom is 0.257 e. The fourth-order valence-corrected chi connectivity index (χ4v) is 2.97. The molecule has 2 aromatic rings. The van der Waals surface area contributed by atoms with Gasteiger partial charge in [0.05, 0.1) is 12.7 Å². The Kier molecular flexibility index (Phi) is 5.11. The molecule has 1 heterocycles. The molecule has 0 atom stereocenters. The van der Waals surface area contributed by atoms with Crippen LogP contribution in [0.5, 0.6) is 5.75 Å². The van der Waals surface area contributed by atoms with Crippen molar-refractivity contribution in [1.82, 2.24) is 9.80 Å². The molecule has 1 amide bonds. The summed E-state index contributed by atoms with van der Waals surface area (Å²) in [6.07, 6.45) is 0. The average molecular weight is 328 g/mol. The molecule has 0 radical (unpaired) electrons. The molecule has 2 aromatic carbocycles. The van der Waals surface area contributed by atoms with Crippen LogP contribution in [-0.2, 0) is 6.54 Å². The second-order valence-corrected chi connectivity index (χ2v) is 5.86. The number of ether oxygens (including phenoxy) is 1. The number of hydrogen-bond donors (Lipinski definition) is 0. The monoisotopic (exact) mass is 328 g/mol. The van der Waals surface area contributed by atoms with E-state index >= 15 is 0 Å². The molecule has 0 aliphatic carbocycles. The van der Waals surface area contributed by atoms with Crippen molar-refractivity contribution in [3.8, 4) is 5.75 Å². The minimum atomic E-state index is -0.176. The predicted octanol–water partition coefficient (Wildman–Crippen LogP) is 2.79. The summed E-state index contributed by atoms with van der Waals surface area (Å²) in [5.41, 5.74) is 1.28. The normalized spacial score (nSPS) is 15.3. The highest BCUT2D eigenvalue weighted by molar-refractivity contribution is 5.97. The summed E-state index contributed by atoms with van der Waals surface area (Å²) in [5, 5.41) is 0. The summed E-state index contributed by atoms with van der Waals surface area (Å²) in [4.78, 5) is 16.7. The van der Waals surface area contributed by atoms with Gasteiger partial charge < -0.3 is 9.64 Å². The van der Waals surface area contributed by atoms with Crippen LogP contribution in [0.2, 0.25) is 0 Å². The molecule has 5 heteroatoms. The first-order valence-corrected chi connectivity index (χ1v) is 8.07. The van der Waals surface area contributed by atoms with E-state index in [9.17, 15) is 9.18 Å². The average Bonchev–Trinajstić information content (AvgIpc) is 2.63. The Morgan fingerprint density at radius 2 is 1.71 bits per heavy atom. The van der Waals surface area contributed by atoms with Crippen molar-refractivity contribution in [2.75, 3.05) is 33.3 Å². The fourth-order valence-electron chi connectivity index (χ4n) is 2.97. The zero-order valence-electron chi connectivity index (χ0n) is 13.7. The van der Waals surface area contributed by atoms with Gasteiger partial charge in [-0.05, 0) is 18.2 Å². The minimum Gasteiger partial charge on any atom is -0.496 e. The van der Waals surface area contributed by atoms with Gasteiger partial charge in [-0.15, -0.1) is 0 Å². The number of halogens is 1. The van der Waals surface area contributed by atoms with Crippen molar-refractivity contribution in [2.24, 2.45) is 0 Å². The molecule has 0 aromatic heterocycles. The van der Waals surface area contributed by atoms with E-state index in [-0.39, 0.29) is 11.7 Å². The van der Waals surface area contributed by atoms with Gasteiger partial charge in [-0.2, -0.15) is 0 Å². The molecular weight excluding hydrogens is 307 g/mol. The number of methoxy groups -OCH3 is 1. The van der Waals surface area contributed by atoms with Crippen LogP contribution in [0.15, 0.2) is 48.5 Å². The third-order valence-corrected chi connectivity index (χ3v) is 4.35. The van der Waals surface area contributed by atoms with Crippen LogP contribution in [0.1, 0.15) is 15.9 Å². The molecule has 0 unspecified atom stereocenters. The van der Waals surface area contributed by atoms with Crippen LogP contribution in [0.3, 0.4) is 0 Å². The Morgan fingerprint density at radius 1 is 1.04 bits per heavy atom. The highest BCUT2D eigenvalue weighted by Crippen LogP contribution is 2.20. The van der Waals surface area contributed by atoms with Crippen molar-refractivity contribution in [3.63, 3.8) is 0 Å². The predicted molar refractivity (Wildman–Crippen MR) is 90.6 cm³/mol. The third-order valence-electron chi connectivity index (χ3n) is 4.35. The highest BCUT2D eigenvalue weighted by atomic mass is 19.1. The summed E-state index contributed by atoms with van der Waals surface area (Å²) in [6, 6.07) is 14.1. The van der Waals surface area contributed by atoms with Gasteiger partial charge in [0.1, 0.15) is 11.6 Å². The van der Waals surface area contributed by atoms with Crippen molar-refractivity contribution in [3.05, 3.63) is 65.5 Å². The molecule has 1 aliphatic rings. The summed E-state index contributed by atoms with van der Waals surface area (Å²) in [5.74, 6) is 0.402. The SMILES string of the molecule is COc1ccccc1C(=O)N1CCN(Cc2ccccc2F)CC1. The molecule has 126 valence electrons. The van der Waals surface area contributed by atoms with Gasteiger partial charge in [0, 0.05) is 38.3 Å². The number of amides is 1. The highest BCUT2D eigenvalue weighted by Gasteiger charge is 2.24. The first kappa shape index (κ1) is 16.5. The smallest absolute Gasteiger partial charge is 0.257 e. The van der Waals surface area contributed by atoms with E-state index in [4.69, 9.17) is 4.74 Å². The lowest BCUT2D eigenvalue weighted by Gasteiger charge is -2.35. The number of benzene rings is 2. The summed E-state index contributed by atoms with van der Waals surface area (Å²) < 4.78 is 19.0. The lowest BCUT2D eigenvalue weighted by molar-refractivity contribution is 0.0624. The Balaban J connectivity index is 1.61. The van der Waals surface area contributed by atoms with Gasteiger partial charge in [-0.1, -0.05) is 30.3 Å². The van der Waals surface area contributed by atoms with Gasteiger partial charge >= 0.3 is 0 Å². The Bertz CT molecular complexity index is 712. The van der Waals surface area contributed by atoms with E-state index in [1.807, 2.05) is 29.2 Å². The Labute approximate surface area is 141 Å². The van der Waals surface area contributed by atoms with Crippen molar-refractivity contribution in [1.29, 1.82) is 0 Å². The maximum absolute atomic E-state index is 13.7. The molecular formula is C19H21FN2O2. The van der Waals surface area contributed by atoms with Crippen LogP contribution < -0.4 is 4.74 Å². The van der Waals surface area contributed by atoms with Gasteiger partial charge in [0.15, 0.2) is 0 Å². The van der Waals surface area contributed by atoms with E-state index in [1.54, 1.807) is 25.3 Å². The van der Waals surface area contributed by atoms with E-state index < -0.39 is 0 Å². The molecule has 24 heavy (non-hydrogen) atoms. The maximum atomic E-state index is 13.7. The van der Waals surface area contributed by atoms with E-state index in [2.05, 4.69) is 4.90 Å². The largest absolute Gasteiger partial charge is 0.496 e. The van der Waals surface area contributed by atoms with Crippen LogP contribution in [0.4, 0.5) is 4.39 Å². The molecule has 1 aliphatic heterocycles. The zero-order chi connectivity index (χ0) is 16.9. The summed E-state index contributed by atoms with van der Waals surface area (Å²) >= 11 is 0. The number of nitrogens with zero attached hydrogens (tertiary/aromatic N) is 2. The second-order valence-electron chi connectivity index (χ2n) is 5.86. The van der Waals surface area contributed by atoms with E-state index in [0.29, 0.717) is 36.5 Å². The standard InChI is InChI=1S/C19H21FN2O2/c1-24-18-9-5-3-7-16(18)19(23)22-12-10-21(11-13-22)14-15-6-2-4-8-17(15)20/h2-9H,10-14H2,1H3. The molecule has 0 saturated carbocycles. The van der Waals surface area contributed by atoms with Crippen LogP contribution in [0, 0.1) is 5.82 Å². The summed E-state index contributed by atoms with van der Waals surface area (Å²) in [7, 11) is 1.57. The van der Waals surface area contributed by atoms with Crippen molar-refractivity contribution >= 4 is 5.91 Å². The molecule has 4 nitrogen and oxygen atoms in total. The number of piperazine rings is 1.